The molecule has 0 atom stereocenters. The summed E-state index contributed by atoms with van der Waals surface area (Å²) >= 11 is 0. The van der Waals surface area contributed by atoms with Gasteiger partial charge in [-0.25, -0.2) is 9.50 Å². The minimum Gasteiger partial charge on any atom is -0.456 e. The van der Waals surface area contributed by atoms with Crippen LogP contribution in [-0.2, 0) is 25.5 Å². The number of aryl methyl sites for hydroxylation is 2. The lowest BCUT2D eigenvalue weighted by Gasteiger charge is -2.10. The van der Waals surface area contributed by atoms with Gasteiger partial charge >= 0.3 is 5.97 Å². The van der Waals surface area contributed by atoms with Crippen LogP contribution in [0.4, 0.5) is 0 Å². The van der Waals surface area contributed by atoms with Gasteiger partial charge in [-0.15, -0.1) is 0 Å². The quantitative estimate of drug-likeness (QED) is 0.604. The van der Waals surface area contributed by atoms with Crippen molar-refractivity contribution >= 4 is 23.6 Å². The highest BCUT2D eigenvalue weighted by Gasteiger charge is 2.14. The molecule has 0 aliphatic carbocycles. The number of ether oxygens (including phenoxy) is 1. The van der Waals surface area contributed by atoms with Crippen molar-refractivity contribution < 1.29 is 19.1 Å². The first-order valence-electron chi connectivity index (χ1n) is 8.27. The molecule has 0 spiro atoms. The molecule has 2 N–H and O–H groups in total. The molecule has 0 saturated carbocycles. The second-order valence-electron chi connectivity index (χ2n) is 5.62. The molecule has 2 aromatic heterocycles. The fourth-order valence-electron chi connectivity index (χ4n) is 2.45. The molecule has 2 aromatic rings. The van der Waals surface area contributed by atoms with Crippen LogP contribution in [0.15, 0.2) is 6.33 Å². The molecule has 0 aliphatic rings. The summed E-state index contributed by atoms with van der Waals surface area (Å²) in [5, 5.41) is 9.02. The largest absolute Gasteiger partial charge is 0.456 e. The van der Waals surface area contributed by atoms with Crippen LogP contribution in [-0.4, -0.2) is 57.1 Å². The van der Waals surface area contributed by atoms with E-state index in [1.807, 2.05) is 13.8 Å². The van der Waals surface area contributed by atoms with E-state index in [1.54, 1.807) is 11.4 Å². The lowest BCUT2D eigenvalue weighted by Crippen LogP contribution is -2.38. The molecule has 10 nitrogen and oxygen atoms in total. The van der Waals surface area contributed by atoms with Gasteiger partial charge in [-0.1, -0.05) is 0 Å². The SMILES string of the molecule is CCNC(=O)CNC(=O)COC(=O)CCc1c(C)nc2ncnn2c1C. The van der Waals surface area contributed by atoms with E-state index < -0.39 is 18.5 Å². The molecule has 26 heavy (non-hydrogen) atoms. The highest BCUT2D eigenvalue weighted by molar-refractivity contribution is 5.86. The minimum atomic E-state index is -0.525. The molecule has 0 unspecified atom stereocenters. The van der Waals surface area contributed by atoms with Crippen LogP contribution in [0, 0.1) is 13.8 Å². The molecule has 0 aliphatic heterocycles. The number of nitrogens with zero attached hydrogens (tertiary/aromatic N) is 4. The predicted octanol–water partition coefficient (Wildman–Crippen LogP) is -0.531. The number of carbonyl (C=O) groups is 3. The summed E-state index contributed by atoms with van der Waals surface area (Å²) in [7, 11) is 0. The van der Waals surface area contributed by atoms with Crippen molar-refractivity contribution in [2.45, 2.75) is 33.6 Å². The van der Waals surface area contributed by atoms with Crippen LogP contribution in [0.25, 0.3) is 5.78 Å². The van der Waals surface area contributed by atoms with Gasteiger partial charge in [-0.3, -0.25) is 14.4 Å². The van der Waals surface area contributed by atoms with Gasteiger partial charge in [-0.05, 0) is 32.8 Å². The number of hydrogen-bond acceptors (Lipinski definition) is 7. The average Bonchev–Trinajstić information content (AvgIpc) is 3.06. The van der Waals surface area contributed by atoms with Gasteiger partial charge in [0.25, 0.3) is 11.7 Å². The summed E-state index contributed by atoms with van der Waals surface area (Å²) in [5.74, 6) is -0.817. The molecule has 0 bridgehead atoms. The summed E-state index contributed by atoms with van der Waals surface area (Å²) in [6, 6.07) is 0. The fourth-order valence-corrected chi connectivity index (χ4v) is 2.45. The average molecular weight is 362 g/mol. The molecule has 2 heterocycles. The van der Waals surface area contributed by atoms with E-state index in [0.29, 0.717) is 18.7 Å². The van der Waals surface area contributed by atoms with Crippen molar-refractivity contribution in [2.24, 2.45) is 0 Å². The van der Waals surface area contributed by atoms with E-state index in [1.165, 1.54) is 6.33 Å². The van der Waals surface area contributed by atoms with Gasteiger partial charge in [0.1, 0.15) is 6.33 Å². The molecule has 140 valence electrons. The molecule has 10 heteroatoms. The number of hydrogen-bond donors (Lipinski definition) is 2. The normalized spacial score (nSPS) is 10.6. The Balaban J connectivity index is 1.80. The van der Waals surface area contributed by atoms with Crippen molar-refractivity contribution in [1.82, 2.24) is 30.2 Å². The zero-order chi connectivity index (χ0) is 19.1. The third-order valence-electron chi connectivity index (χ3n) is 3.75. The van der Waals surface area contributed by atoms with E-state index in [9.17, 15) is 14.4 Å². The number of rotatable bonds is 8. The summed E-state index contributed by atoms with van der Waals surface area (Å²) < 4.78 is 6.55. The van der Waals surface area contributed by atoms with Gasteiger partial charge in [0.2, 0.25) is 5.91 Å². The summed E-state index contributed by atoms with van der Waals surface area (Å²) in [4.78, 5) is 43.0. The Labute approximate surface area is 150 Å². The Morgan fingerprint density at radius 1 is 1.19 bits per heavy atom. The van der Waals surface area contributed by atoms with Crippen LogP contribution in [0.1, 0.15) is 30.3 Å². The molecular weight excluding hydrogens is 340 g/mol. The lowest BCUT2D eigenvalue weighted by molar-refractivity contribution is -0.148. The van der Waals surface area contributed by atoms with Gasteiger partial charge in [0.15, 0.2) is 6.61 Å². The first-order valence-corrected chi connectivity index (χ1v) is 8.27. The standard InChI is InChI=1S/C16H22N6O4/c1-4-17-13(23)7-18-14(24)8-26-15(25)6-5-12-10(2)21-16-19-9-20-22(16)11(12)3/h9H,4-8H2,1-3H3,(H,17,23)(H,18,24). The van der Waals surface area contributed by atoms with E-state index in [4.69, 9.17) is 4.74 Å². The van der Waals surface area contributed by atoms with E-state index in [2.05, 4.69) is 25.7 Å². The topological polar surface area (TPSA) is 128 Å². The first kappa shape index (κ1) is 19.3. The number of likely N-dealkylation sites (N-methyl/N-ethyl adjacent to an activating group) is 1. The van der Waals surface area contributed by atoms with Gasteiger partial charge in [-0.2, -0.15) is 10.1 Å². The number of fused-ring (bicyclic) bond motifs is 1. The third kappa shape index (κ3) is 4.98. The van der Waals surface area contributed by atoms with Crippen LogP contribution in [0.3, 0.4) is 0 Å². The Hall–Kier alpha value is -3.04. The highest BCUT2D eigenvalue weighted by Crippen LogP contribution is 2.15. The van der Waals surface area contributed by atoms with Crippen molar-refractivity contribution in [3.05, 3.63) is 23.3 Å². The second kappa shape index (κ2) is 8.88. The van der Waals surface area contributed by atoms with Crippen LogP contribution in [0.2, 0.25) is 0 Å². The van der Waals surface area contributed by atoms with Crippen molar-refractivity contribution in [1.29, 1.82) is 0 Å². The molecule has 0 aromatic carbocycles. The van der Waals surface area contributed by atoms with Gasteiger partial charge in [0.05, 0.1) is 6.54 Å². The number of carbonyl (C=O) groups excluding carboxylic acids is 3. The van der Waals surface area contributed by atoms with Crippen LogP contribution in [0.5, 0.6) is 0 Å². The molecule has 0 saturated heterocycles. The number of amides is 2. The van der Waals surface area contributed by atoms with E-state index >= 15 is 0 Å². The maximum absolute atomic E-state index is 11.9. The summed E-state index contributed by atoms with van der Waals surface area (Å²) in [6.07, 6.45) is 1.94. The lowest BCUT2D eigenvalue weighted by atomic mass is 10.1. The van der Waals surface area contributed by atoms with Crippen LogP contribution >= 0.6 is 0 Å². The number of aromatic nitrogens is 4. The van der Waals surface area contributed by atoms with Crippen molar-refractivity contribution in [2.75, 3.05) is 19.7 Å². The smallest absolute Gasteiger partial charge is 0.306 e. The van der Waals surface area contributed by atoms with E-state index in [-0.39, 0.29) is 18.9 Å². The molecule has 0 radical (unpaired) electrons. The van der Waals surface area contributed by atoms with Crippen molar-refractivity contribution in [3.8, 4) is 0 Å². The zero-order valence-corrected chi connectivity index (χ0v) is 15.0. The summed E-state index contributed by atoms with van der Waals surface area (Å²) in [5.41, 5.74) is 2.52. The highest BCUT2D eigenvalue weighted by atomic mass is 16.5. The molecule has 2 amide bonds. The Morgan fingerprint density at radius 3 is 2.69 bits per heavy atom. The zero-order valence-electron chi connectivity index (χ0n) is 15.0. The Bertz CT molecular complexity index is 816. The minimum absolute atomic E-state index is 0.104. The Morgan fingerprint density at radius 2 is 1.96 bits per heavy atom. The maximum atomic E-state index is 11.9. The second-order valence-corrected chi connectivity index (χ2v) is 5.62. The third-order valence-corrected chi connectivity index (χ3v) is 3.75. The Kier molecular flexibility index (Phi) is 6.59. The predicted molar refractivity (Wildman–Crippen MR) is 91.2 cm³/mol. The molecule has 0 fully saturated rings. The van der Waals surface area contributed by atoms with E-state index in [0.717, 1.165) is 17.0 Å². The van der Waals surface area contributed by atoms with Crippen LogP contribution < -0.4 is 10.6 Å². The monoisotopic (exact) mass is 362 g/mol. The van der Waals surface area contributed by atoms with Gasteiger partial charge < -0.3 is 15.4 Å². The molecule has 2 rings (SSSR count). The van der Waals surface area contributed by atoms with Crippen molar-refractivity contribution in [3.63, 3.8) is 0 Å². The number of nitrogens with one attached hydrogen (secondary N) is 2. The summed E-state index contributed by atoms with van der Waals surface area (Å²) in [6.45, 7) is 5.42. The number of esters is 1. The maximum Gasteiger partial charge on any atom is 0.306 e. The molecular formula is C16H22N6O4. The fraction of sp³-hybridized carbons (Fsp3) is 0.500. The first-order chi connectivity index (χ1) is 12.4. The van der Waals surface area contributed by atoms with Gasteiger partial charge in [0, 0.05) is 24.4 Å².